The van der Waals surface area contributed by atoms with E-state index in [0.717, 1.165) is 6.26 Å². The molecule has 2 heterocycles. The number of terminal acetylenes is 1. The molecule has 0 unspecified atom stereocenters. The number of aromatic nitrogens is 4. The second-order valence-corrected chi connectivity index (χ2v) is 9.76. The Kier molecular flexibility index (Phi) is 5.57. The molecule has 28 heavy (non-hydrogen) atoms. The van der Waals surface area contributed by atoms with Gasteiger partial charge in [-0.05, 0) is 23.6 Å². The third-order valence-corrected chi connectivity index (χ3v) is 6.32. The van der Waals surface area contributed by atoms with Gasteiger partial charge in [-0.25, -0.2) is 18.2 Å². The molecule has 2 aromatic heterocycles. The molecule has 1 aromatic carbocycles. The van der Waals surface area contributed by atoms with E-state index >= 15 is 0 Å². The van der Waals surface area contributed by atoms with Crippen LogP contribution in [0, 0.1) is 12.3 Å². The number of hydrogen-bond donors (Lipinski definition) is 1. The Hall–Kier alpha value is -2.28. The average Bonchev–Trinajstić information content (AvgIpc) is 2.99. The van der Waals surface area contributed by atoms with Crippen LogP contribution in [0.4, 0.5) is 0 Å². The van der Waals surface area contributed by atoms with Crippen molar-refractivity contribution in [2.75, 3.05) is 12.0 Å². The number of nitrogens with one attached hydrogen (secondary N) is 1. The maximum Gasteiger partial charge on any atom is 0.350 e. The molecule has 0 aliphatic rings. The molecule has 0 radical (unpaired) electrons. The zero-order chi connectivity index (χ0) is 20.6. The van der Waals surface area contributed by atoms with Gasteiger partial charge in [0.15, 0.2) is 20.6 Å². The van der Waals surface area contributed by atoms with Crippen molar-refractivity contribution in [3.05, 3.63) is 39.4 Å². The monoisotopic (exact) mass is 436 g/mol. The van der Waals surface area contributed by atoms with Crippen molar-refractivity contribution in [3.63, 3.8) is 0 Å². The van der Waals surface area contributed by atoms with Crippen LogP contribution in [0.1, 0.15) is 25.5 Å². The number of fused-ring (bicyclic) bond motifs is 1. The molecule has 0 aliphatic carbocycles. The summed E-state index contributed by atoms with van der Waals surface area (Å²) in [7, 11) is -3.46. The van der Waals surface area contributed by atoms with E-state index < -0.39 is 15.5 Å². The Morgan fingerprint density at radius 1 is 1.39 bits per heavy atom. The molecular formula is C18H17ClN4O3S2. The fourth-order valence-corrected chi connectivity index (χ4v) is 4.62. The fourth-order valence-electron chi connectivity index (χ4n) is 2.76. The average molecular weight is 437 g/mol. The summed E-state index contributed by atoms with van der Waals surface area (Å²) in [5.41, 5.74) is 1.83. The van der Waals surface area contributed by atoms with Gasteiger partial charge in [0.2, 0.25) is 0 Å². The topological polar surface area (TPSA) is 97.2 Å². The van der Waals surface area contributed by atoms with E-state index in [9.17, 15) is 13.2 Å². The third kappa shape index (κ3) is 3.81. The highest BCUT2D eigenvalue weighted by molar-refractivity contribution is 7.99. The number of sulfone groups is 1. The summed E-state index contributed by atoms with van der Waals surface area (Å²) in [5.74, 6) is 2.83. The maximum atomic E-state index is 12.5. The van der Waals surface area contributed by atoms with Gasteiger partial charge in [-0.2, -0.15) is 9.61 Å². The lowest BCUT2D eigenvalue weighted by atomic mass is 9.99. The van der Waals surface area contributed by atoms with Crippen molar-refractivity contribution < 1.29 is 8.42 Å². The molecule has 0 fully saturated rings. The normalized spacial score (nSPS) is 11.9. The zero-order valence-corrected chi connectivity index (χ0v) is 17.7. The maximum absolute atomic E-state index is 12.5. The lowest BCUT2D eigenvalue weighted by Gasteiger charge is -2.08. The first-order valence-corrected chi connectivity index (χ1v) is 11.5. The lowest BCUT2D eigenvalue weighted by molar-refractivity contribution is 0.602. The van der Waals surface area contributed by atoms with Crippen LogP contribution in [0.15, 0.2) is 33.0 Å². The van der Waals surface area contributed by atoms with Crippen molar-refractivity contribution in [1.29, 1.82) is 0 Å². The number of H-pyrrole nitrogens is 1. The van der Waals surface area contributed by atoms with E-state index in [1.807, 2.05) is 13.8 Å². The summed E-state index contributed by atoms with van der Waals surface area (Å²) in [6.45, 7) is 3.89. The predicted octanol–water partition coefficient (Wildman–Crippen LogP) is 2.99. The molecule has 3 aromatic rings. The van der Waals surface area contributed by atoms with Crippen molar-refractivity contribution in [2.45, 2.75) is 29.8 Å². The van der Waals surface area contributed by atoms with Gasteiger partial charge in [-0.3, -0.25) is 4.98 Å². The summed E-state index contributed by atoms with van der Waals surface area (Å²) in [5, 5.41) is 4.89. The van der Waals surface area contributed by atoms with Crippen LogP contribution in [0.2, 0.25) is 5.02 Å². The van der Waals surface area contributed by atoms with E-state index in [1.165, 1.54) is 22.3 Å². The third-order valence-electron chi connectivity index (χ3n) is 3.96. The van der Waals surface area contributed by atoms with Crippen molar-refractivity contribution in [1.82, 2.24) is 19.6 Å². The number of nitrogens with zero attached hydrogens (tertiary/aromatic N) is 3. The molecular weight excluding hydrogens is 420 g/mol. The standard InChI is InChI=1S/C18H17ClN4O3S2/c1-5-8-27-17-20-16-14(15(10(2)3)22-23(16)18(24)21-17)11-6-7-13(12(19)9-11)28(4,25)26/h1,6-7,9-10H,8H2,2-4H3,(H,20,21,24). The van der Waals surface area contributed by atoms with E-state index in [4.69, 9.17) is 18.0 Å². The highest BCUT2D eigenvalue weighted by Gasteiger charge is 2.22. The molecule has 0 atom stereocenters. The van der Waals surface area contributed by atoms with E-state index in [2.05, 4.69) is 21.0 Å². The summed E-state index contributed by atoms with van der Waals surface area (Å²) >= 11 is 7.45. The second kappa shape index (κ2) is 7.62. The first kappa shape index (κ1) is 20.5. The van der Waals surface area contributed by atoms with Crippen LogP contribution >= 0.6 is 23.4 Å². The summed E-state index contributed by atoms with van der Waals surface area (Å²) < 4.78 is 24.9. The number of aromatic amines is 1. The fraction of sp³-hybridized carbons (Fsp3) is 0.278. The Bertz CT molecular complexity index is 1270. The number of halogens is 1. The Morgan fingerprint density at radius 2 is 2.11 bits per heavy atom. The molecule has 0 spiro atoms. The predicted molar refractivity (Wildman–Crippen MR) is 111 cm³/mol. The van der Waals surface area contributed by atoms with Crippen molar-refractivity contribution in [3.8, 4) is 23.5 Å². The van der Waals surface area contributed by atoms with Crippen molar-refractivity contribution >= 4 is 38.8 Å². The molecule has 10 heteroatoms. The van der Waals surface area contributed by atoms with Crippen molar-refractivity contribution in [2.24, 2.45) is 0 Å². The minimum absolute atomic E-state index is 0.00808. The van der Waals surface area contributed by atoms with Crippen LogP contribution in [0.5, 0.6) is 0 Å². The molecule has 1 N–H and O–H groups in total. The Balaban J connectivity index is 2.31. The Labute approximate surface area is 171 Å². The minimum Gasteiger partial charge on any atom is -0.285 e. The quantitative estimate of drug-likeness (QED) is 0.487. The van der Waals surface area contributed by atoms with Gasteiger partial charge in [0.1, 0.15) is 0 Å². The molecule has 7 nitrogen and oxygen atoms in total. The molecule has 0 aliphatic heterocycles. The number of benzene rings is 1. The van der Waals surface area contributed by atoms with E-state index in [-0.39, 0.29) is 15.8 Å². The smallest absolute Gasteiger partial charge is 0.285 e. The zero-order valence-electron chi connectivity index (χ0n) is 15.4. The van der Waals surface area contributed by atoms with E-state index in [1.54, 1.807) is 12.1 Å². The highest BCUT2D eigenvalue weighted by atomic mass is 35.5. The summed E-state index contributed by atoms with van der Waals surface area (Å²) in [6.07, 6.45) is 6.38. The van der Waals surface area contributed by atoms with Gasteiger partial charge in [0.25, 0.3) is 0 Å². The number of thioether (sulfide) groups is 1. The van der Waals surface area contributed by atoms with E-state index in [0.29, 0.717) is 33.4 Å². The number of rotatable bonds is 5. The molecule has 0 amide bonds. The van der Waals surface area contributed by atoms with Crippen LogP contribution in [-0.4, -0.2) is 40.0 Å². The molecule has 0 saturated heterocycles. The largest absolute Gasteiger partial charge is 0.350 e. The van der Waals surface area contributed by atoms with Gasteiger partial charge < -0.3 is 0 Å². The van der Waals surface area contributed by atoms with Gasteiger partial charge >= 0.3 is 5.69 Å². The minimum atomic E-state index is -3.46. The van der Waals surface area contributed by atoms with Crippen LogP contribution in [-0.2, 0) is 9.84 Å². The van der Waals surface area contributed by atoms with Gasteiger partial charge in [0.05, 0.1) is 26.9 Å². The van der Waals surface area contributed by atoms with Crippen LogP contribution in [0.25, 0.3) is 16.8 Å². The Morgan fingerprint density at radius 3 is 2.68 bits per heavy atom. The first-order valence-electron chi connectivity index (χ1n) is 8.22. The first-order chi connectivity index (χ1) is 13.1. The molecule has 3 rings (SSSR count). The number of hydrogen-bond acceptors (Lipinski definition) is 6. The highest BCUT2D eigenvalue weighted by Crippen LogP contribution is 2.35. The van der Waals surface area contributed by atoms with Gasteiger partial charge in [-0.1, -0.05) is 49.2 Å². The second-order valence-electron chi connectivity index (χ2n) is 6.41. The summed E-state index contributed by atoms with van der Waals surface area (Å²) in [6, 6.07) is 4.64. The SMILES string of the molecule is C#CCSc1nc2c(-c3ccc(S(C)(=O)=O)c(Cl)c3)c(C(C)C)nn2c(=O)[nH]1. The summed E-state index contributed by atoms with van der Waals surface area (Å²) in [4.78, 5) is 19.7. The van der Waals surface area contributed by atoms with Gasteiger partial charge in [0, 0.05) is 6.26 Å². The lowest BCUT2D eigenvalue weighted by Crippen LogP contribution is -2.19. The van der Waals surface area contributed by atoms with Crippen LogP contribution in [0.3, 0.4) is 0 Å². The van der Waals surface area contributed by atoms with Gasteiger partial charge in [-0.15, -0.1) is 6.42 Å². The molecule has 146 valence electrons. The van der Waals surface area contributed by atoms with Crippen LogP contribution < -0.4 is 5.69 Å². The molecule has 0 saturated carbocycles. The molecule has 0 bridgehead atoms.